The third-order valence-corrected chi connectivity index (χ3v) is 5.71. The zero-order valence-electron chi connectivity index (χ0n) is 18.5. The molecule has 0 aliphatic rings. The Bertz CT molecular complexity index is 1050. The van der Waals surface area contributed by atoms with Crippen LogP contribution in [0.2, 0.25) is 0 Å². The molecule has 0 heterocycles. The van der Waals surface area contributed by atoms with Crippen molar-refractivity contribution in [3.63, 3.8) is 0 Å². The highest BCUT2D eigenvalue weighted by Crippen LogP contribution is 2.19. The van der Waals surface area contributed by atoms with Crippen molar-refractivity contribution >= 4 is 0 Å². The molecule has 1 nitrogen and oxygen atoms in total. The van der Waals surface area contributed by atoms with Gasteiger partial charge < -0.3 is 4.74 Å². The van der Waals surface area contributed by atoms with E-state index in [1.807, 2.05) is 0 Å². The number of benzene rings is 4. The first-order valence-electron chi connectivity index (χ1n) is 11.0. The summed E-state index contributed by atoms with van der Waals surface area (Å²) in [6, 6.07) is 34.7. The molecule has 4 aromatic rings. The number of hydrogen-bond donors (Lipinski definition) is 0. The van der Waals surface area contributed by atoms with Crippen molar-refractivity contribution in [2.45, 2.75) is 39.9 Å². The third kappa shape index (κ3) is 5.93. The van der Waals surface area contributed by atoms with Gasteiger partial charge in [0.25, 0.3) is 0 Å². The summed E-state index contributed by atoms with van der Waals surface area (Å²) in [5.74, 6) is 0. The molecule has 0 aliphatic heterocycles. The zero-order valence-corrected chi connectivity index (χ0v) is 18.5. The van der Waals surface area contributed by atoms with E-state index in [9.17, 15) is 0 Å². The molecular weight excluding hydrogens is 376 g/mol. The van der Waals surface area contributed by atoms with E-state index in [0.29, 0.717) is 13.2 Å². The molecule has 31 heavy (non-hydrogen) atoms. The van der Waals surface area contributed by atoms with Crippen LogP contribution < -0.4 is 0 Å². The van der Waals surface area contributed by atoms with Crippen molar-refractivity contribution in [3.8, 4) is 0 Å². The summed E-state index contributed by atoms with van der Waals surface area (Å²) in [5.41, 5.74) is 10.5. The first-order valence-corrected chi connectivity index (χ1v) is 11.0. The van der Waals surface area contributed by atoms with Crippen molar-refractivity contribution in [2.24, 2.45) is 0 Å². The molecule has 0 fully saturated rings. The second-order valence-corrected chi connectivity index (χ2v) is 8.36. The van der Waals surface area contributed by atoms with Gasteiger partial charge in [0.2, 0.25) is 0 Å². The van der Waals surface area contributed by atoms with E-state index in [2.05, 4.69) is 111 Å². The molecule has 4 rings (SSSR count). The standard InChI is InChI=1S/C30H30O/c1-23-9-7-11-25(17-23)19-27-13-3-5-15-29(27)21-31-22-30-16-6-4-14-28(30)20-26-12-8-10-24(2)18-26/h3-18H,19-22H2,1-2H3. The average molecular weight is 407 g/mol. The van der Waals surface area contributed by atoms with E-state index in [-0.39, 0.29) is 0 Å². The van der Waals surface area contributed by atoms with Crippen LogP contribution in [0, 0.1) is 13.8 Å². The van der Waals surface area contributed by atoms with Gasteiger partial charge in [-0.2, -0.15) is 0 Å². The fourth-order valence-corrected chi connectivity index (χ4v) is 4.10. The van der Waals surface area contributed by atoms with Gasteiger partial charge in [0.1, 0.15) is 0 Å². The van der Waals surface area contributed by atoms with Crippen LogP contribution >= 0.6 is 0 Å². The monoisotopic (exact) mass is 406 g/mol. The molecule has 4 aromatic carbocycles. The molecule has 0 spiro atoms. The normalized spacial score (nSPS) is 10.9. The first kappa shape index (κ1) is 21.1. The van der Waals surface area contributed by atoms with Gasteiger partial charge in [-0.1, -0.05) is 108 Å². The van der Waals surface area contributed by atoms with E-state index in [0.717, 1.165) is 12.8 Å². The van der Waals surface area contributed by atoms with E-state index in [1.165, 1.54) is 44.5 Å². The maximum absolute atomic E-state index is 6.21. The number of aryl methyl sites for hydroxylation is 2. The van der Waals surface area contributed by atoms with Crippen molar-refractivity contribution < 1.29 is 4.74 Å². The van der Waals surface area contributed by atoms with Crippen molar-refractivity contribution in [2.75, 3.05) is 0 Å². The Kier molecular flexibility index (Phi) is 6.96. The molecule has 0 radical (unpaired) electrons. The average Bonchev–Trinajstić information content (AvgIpc) is 2.76. The predicted molar refractivity (Wildman–Crippen MR) is 129 cm³/mol. The van der Waals surface area contributed by atoms with Gasteiger partial charge in [0.05, 0.1) is 13.2 Å². The fraction of sp³-hybridized carbons (Fsp3) is 0.200. The van der Waals surface area contributed by atoms with E-state index >= 15 is 0 Å². The molecule has 0 aliphatic carbocycles. The smallest absolute Gasteiger partial charge is 0.0724 e. The summed E-state index contributed by atoms with van der Waals surface area (Å²) in [6.45, 7) is 5.54. The van der Waals surface area contributed by atoms with Crippen LogP contribution in [0.4, 0.5) is 0 Å². The maximum atomic E-state index is 6.21. The number of ether oxygens (including phenoxy) is 1. The third-order valence-electron chi connectivity index (χ3n) is 5.71. The first-order chi connectivity index (χ1) is 15.2. The Labute approximate surface area is 186 Å². The maximum Gasteiger partial charge on any atom is 0.0724 e. The number of rotatable bonds is 8. The molecule has 0 saturated carbocycles. The Balaban J connectivity index is 1.42. The lowest BCUT2D eigenvalue weighted by atomic mass is 9.98. The summed E-state index contributed by atoms with van der Waals surface area (Å²) in [7, 11) is 0. The van der Waals surface area contributed by atoms with Crippen LogP contribution in [-0.4, -0.2) is 0 Å². The number of hydrogen-bond acceptors (Lipinski definition) is 1. The largest absolute Gasteiger partial charge is 0.372 e. The fourth-order valence-electron chi connectivity index (χ4n) is 4.10. The summed E-state index contributed by atoms with van der Waals surface area (Å²) in [6.07, 6.45) is 1.87. The Hall–Kier alpha value is -3.16. The lowest BCUT2D eigenvalue weighted by molar-refractivity contribution is 0.106. The van der Waals surface area contributed by atoms with Crippen molar-refractivity contribution in [3.05, 3.63) is 142 Å². The van der Waals surface area contributed by atoms with Gasteiger partial charge >= 0.3 is 0 Å². The Morgan fingerprint density at radius 3 is 1.32 bits per heavy atom. The van der Waals surface area contributed by atoms with Crippen LogP contribution in [0.25, 0.3) is 0 Å². The minimum Gasteiger partial charge on any atom is -0.372 e. The van der Waals surface area contributed by atoms with Crippen LogP contribution in [0.3, 0.4) is 0 Å². The van der Waals surface area contributed by atoms with Crippen molar-refractivity contribution in [1.82, 2.24) is 0 Å². The van der Waals surface area contributed by atoms with Gasteiger partial charge in [-0.25, -0.2) is 0 Å². The molecule has 156 valence electrons. The summed E-state index contributed by atoms with van der Waals surface area (Å²) in [5, 5.41) is 0. The van der Waals surface area contributed by atoms with Crippen LogP contribution in [0.1, 0.15) is 44.5 Å². The Morgan fingerprint density at radius 1 is 0.484 bits per heavy atom. The molecule has 0 N–H and O–H groups in total. The molecule has 0 atom stereocenters. The lowest BCUT2D eigenvalue weighted by Gasteiger charge is -2.13. The highest BCUT2D eigenvalue weighted by molar-refractivity contribution is 5.35. The van der Waals surface area contributed by atoms with Crippen LogP contribution in [-0.2, 0) is 30.8 Å². The topological polar surface area (TPSA) is 9.23 Å². The second-order valence-electron chi connectivity index (χ2n) is 8.36. The quantitative estimate of drug-likeness (QED) is 0.300. The molecule has 0 amide bonds. The van der Waals surface area contributed by atoms with Gasteiger partial charge in [-0.15, -0.1) is 0 Å². The highest BCUT2D eigenvalue weighted by atomic mass is 16.5. The minimum atomic E-state index is 0.626. The SMILES string of the molecule is Cc1cccc(Cc2ccccc2COCc2ccccc2Cc2cccc(C)c2)c1. The minimum absolute atomic E-state index is 0.626. The zero-order chi connectivity index (χ0) is 21.5. The van der Waals surface area contributed by atoms with E-state index < -0.39 is 0 Å². The molecule has 1 heteroatoms. The predicted octanol–water partition coefficient (Wildman–Crippen LogP) is 7.20. The van der Waals surface area contributed by atoms with E-state index in [4.69, 9.17) is 4.74 Å². The highest BCUT2D eigenvalue weighted by Gasteiger charge is 2.07. The molecule has 0 saturated heterocycles. The van der Waals surface area contributed by atoms with Gasteiger partial charge in [0, 0.05) is 0 Å². The van der Waals surface area contributed by atoms with Crippen molar-refractivity contribution in [1.29, 1.82) is 0 Å². The van der Waals surface area contributed by atoms with Crippen LogP contribution in [0.5, 0.6) is 0 Å². The van der Waals surface area contributed by atoms with Gasteiger partial charge in [-0.3, -0.25) is 0 Å². The Morgan fingerprint density at radius 2 is 0.903 bits per heavy atom. The van der Waals surface area contributed by atoms with E-state index in [1.54, 1.807) is 0 Å². The van der Waals surface area contributed by atoms with Gasteiger partial charge in [-0.05, 0) is 60.1 Å². The summed E-state index contributed by atoms with van der Waals surface area (Å²) >= 11 is 0. The summed E-state index contributed by atoms with van der Waals surface area (Å²) < 4.78 is 6.21. The molecule has 0 bridgehead atoms. The van der Waals surface area contributed by atoms with Crippen LogP contribution in [0.15, 0.2) is 97.1 Å². The lowest BCUT2D eigenvalue weighted by Crippen LogP contribution is -2.02. The molecular formula is C30H30O. The molecule has 0 unspecified atom stereocenters. The van der Waals surface area contributed by atoms with Gasteiger partial charge in [0.15, 0.2) is 0 Å². The molecule has 0 aromatic heterocycles. The second kappa shape index (κ2) is 10.2. The summed E-state index contributed by atoms with van der Waals surface area (Å²) in [4.78, 5) is 0.